The Labute approximate surface area is 60.4 Å². The van der Waals surface area contributed by atoms with Crippen LogP contribution in [0, 0.1) is 0 Å². The topological polar surface area (TPSA) is 32.3 Å². The molecule has 0 heterocycles. The molecule has 0 radical (unpaired) electrons. The number of anilines is 1. The highest BCUT2D eigenvalue weighted by molar-refractivity contribution is 7.80. The van der Waals surface area contributed by atoms with Gasteiger partial charge in [-0.1, -0.05) is 0 Å². The normalized spacial score (nSPS) is 9.11. The lowest BCUT2D eigenvalue weighted by Crippen LogP contribution is -1.86. The second-order valence-electron chi connectivity index (χ2n) is 1.66. The van der Waals surface area contributed by atoms with Gasteiger partial charge in [-0.25, -0.2) is 0 Å². The van der Waals surface area contributed by atoms with E-state index in [0.29, 0.717) is 5.69 Å². The number of benzene rings is 1. The van der Waals surface area contributed by atoms with Crippen molar-refractivity contribution in [2.24, 2.45) is 0 Å². The first-order chi connectivity index (χ1) is 4.33. The second kappa shape index (κ2) is 2.75. The quantitative estimate of drug-likeness (QED) is 0.415. The molecule has 0 aliphatic rings. The van der Waals surface area contributed by atoms with Crippen molar-refractivity contribution in [2.45, 2.75) is 4.90 Å². The number of thiol groups is 1. The maximum Gasteiger partial charge on any atom is 0.0602 e. The number of hydrogen-bond donors (Lipinski definition) is 3. The highest BCUT2D eigenvalue weighted by atomic mass is 32.1. The van der Waals surface area contributed by atoms with Crippen LogP contribution in [0.1, 0.15) is 1.43 Å². The number of nitrogens with one attached hydrogen (secondary N) is 1. The van der Waals surface area contributed by atoms with Gasteiger partial charge in [0.2, 0.25) is 0 Å². The molecule has 0 aliphatic carbocycles. The van der Waals surface area contributed by atoms with Gasteiger partial charge in [0.1, 0.15) is 0 Å². The minimum atomic E-state index is 0. The molecule has 1 aromatic rings. The minimum Gasteiger partial charge on any atom is -0.291 e. The van der Waals surface area contributed by atoms with Gasteiger partial charge in [-0.15, -0.1) is 12.6 Å². The average Bonchev–Trinajstić information content (AvgIpc) is 1.90. The summed E-state index contributed by atoms with van der Waals surface area (Å²) < 4.78 is 0. The molecule has 0 aliphatic heterocycles. The first-order valence-electron chi connectivity index (χ1n) is 2.52. The lowest BCUT2D eigenvalue weighted by atomic mass is 10.3. The van der Waals surface area contributed by atoms with Crippen molar-refractivity contribution in [3.05, 3.63) is 24.3 Å². The highest BCUT2D eigenvalue weighted by Gasteiger charge is 1.85. The predicted molar refractivity (Wildman–Crippen MR) is 41.2 cm³/mol. The van der Waals surface area contributed by atoms with E-state index in [1.54, 1.807) is 24.3 Å². The van der Waals surface area contributed by atoms with Gasteiger partial charge in [0, 0.05) is 6.32 Å². The van der Waals surface area contributed by atoms with Crippen LogP contribution in [-0.4, -0.2) is 5.21 Å². The van der Waals surface area contributed by atoms with Crippen molar-refractivity contribution in [1.29, 1.82) is 0 Å². The van der Waals surface area contributed by atoms with Crippen LogP contribution < -0.4 is 5.48 Å². The van der Waals surface area contributed by atoms with E-state index >= 15 is 0 Å². The zero-order chi connectivity index (χ0) is 6.69. The van der Waals surface area contributed by atoms with Gasteiger partial charge in [0.25, 0.3) is 0 Å². The molecule has 0 atom stereocenters. The van der Waals surface area contributed by atoms with E-state index in [1.165, 1.54) is 0 Å². The van der Waals surface area contributed by atoms with Gasteiger partial charge in [-0.3, -0.25) is 10.7 Å². The molecule has 2 N–H and O–H groups in total. The zero-order valence-electron chi connectivity index (χ0n) is 4.70. The molecule has 1 aromatic carbocycles. The van der Waals surface area contributed by atoms with Crippen LogP contribution >= 0.6 is 12.6 Å². The fourth-order valence-electron chi connectivity index (χ4n) is 0.536. The van der Waals surface area contributed by atoms with E-state index in [9.17, 15) is 0 Å². The summed E-state index contributed by atoms with van der Waals surface area (Å²) in [6.45, 7) is 0. The Bertz CT molecular complexity index is 189. The maximum atomic E-state index is 8.35. The monoisotopic (exact) mass is 143 g/mol. The fraction of sp³-hybridized carbons (Fsp3) is 0. The molecule has 3 heteroatoms. The number of hydrogen-bond acceptors (Lipinski definition) is 3. The lowest BCUT2D eigenvalue weighted by Gasteiger charge is -1.95. The third-order valence-corrected chi connectivity index (χ3v) is 1.29. The molecule has 9 heavy (non-hydrogen) atoms. The summed E-state index contributed by atoms with van der Waals surface area (Å²) in [6, 6.07) is 7.06. The molecule has 0 fully saturated rings. The van der Waals surface area contributed by atoms with Crippen LogP contribution in [0.25, 0.3) is 0 Å². The second-order valence-corrected chi connectivity index (χ2v) is 2.18. The van der Waals surface area contributed by atoms with Crippen LogP contribution in [-0.2, 0) is 0 Å². The standard InChI is InChI=1S/C6H7NOS.H2/c8-7-5-1-3-6(9)4-2-5;/h1-4,7-9H;1H. The van der Waals surface area contributed by atoms with Gasteiger partial charge >= 0.3 is 0 Å². The van der Waals surface area contributed by atoms with E-state index in [1.807, 2.05) is 5.48 Å². The molecule has 0 spiro atoms. The van der Waals surface area contributed by atoms with Gasteiger partial charge in [0.05, 0.1) is 5.69 Å². The molecular formula is C6H9NOS. The predicted octanol–water partition coefficient (Wildman–Crippen LogP) is 2.02. The highest BCUT2D eigenvalue weighted by Crippen LogP contribution is 2.10. The lowest BCUT2D eigenvalue weighted by molar-refractivity contribution is 0.389. The van der Waals surface area contributed by atoms with Crippen molar-refractivity contribution in [1.82, 2.24) is 0 Å². The summed E-state index contributed by atoms with van der Waals surface area (Å²) in [7, 11) is 0. The Morgan fingerprint density at radius 2 is 1.89 bits per heavy atom. The Hall–Kier alpha value is -0.670. The Morgan fingerprint density at radius 3 is 2.33 bits per heavy atom. The van der Waals surface area contributed by atoms with E-state index in [2.05, 4.69) is 12.6 Å². The third-order valence-electron chi connectivity index (χ3n) is 0.996. The van der Waals surface area contributed by atoms with Crippen LogP contribution in [0.2, 0.25) is 0 Å². The summed E-state index contributed by atoms with van der Waals surface area (Å²) in [5, 5.41) is 8.35. The smallest absolute Gasteiger partial charge is 0.0602 e. The summed E-state index contributed by atoms with van der Waals surface area (Å²) in [5.74, 6) is 0. The van der Waals surface area contributed by atoms with Crippen molar-refractivity contribution in [3.8, 4) is 0 Å². The van der Waals surface area contributed by atoms with Crippen molar-refractivity contribution >= 4 is 18.3 Å². The number of rotatable bonds is 1. The molecule has 50 valence electrons. The molecule has 0 saturated carbocycles. The van der Waals surface area contributed by atoms with Gasteiger partial charge in [-0.05, 0) is 24.3 Å². The summed E-state index contributed by atoms with van der Waals surface area (Å²) in [5.41, 5.74) is 2.69. The summed E-state index contributed by atoms with van der Waals surface area (Å²) in [6.07, 6.45) is 0. The van der Waals surface area contributed by atoms with Gasteiger partial charge in [-0.2, -0.15) is 0 Å². The van der Waals surface area contributed by atoms with E-state index in [-0.39, 0.29) is 1.43 Å². The van der Waals surface area contributed by atoms with E-state index in [4.69, 9.17) is 5.21 Å². The maximum absolute atomic E-state index is 8.35. The molecule has 0 bridgehead atoms. The Balaban J connectivity index is 0.000000810. The Kier molecular flexibility index (Phi) is 1.97. The molecule has 1 rings (SSSR count). The van der Waals surface area contributed by atoms with Crippen molar-refractivity contribution < 1.29 is 6.63 Å². The van der Waals surface area contributed by atoms with Gasteiger partial charge in [0.15, 0.2) is 0 Å². The molecule has 0 unspecified atom stereocenters. The van der Waals surface area contributed by atoms with E-state index in [0.717, 1.165) is 4.90 Å². The zero-order valence-corrected chi connectivity index (χ0v) is 5.60. The van der Waals surface area contributed by atoms with Crippen LogP contribution in [0.15, 0.2) is 29.2 Å². The molecule has 0 amide bonds. The third kappa shape index (κ3) is 1.62. The molecule has 2 nitrogen and oxygen atoms in total. The minimum absolute atomic E-state index is 0. The largest absolute Gasteiger partial charge is 0.291 e. The van der Waals surface area contributed by atoms with Crippen molar-refractivity contribution in [3.63, 3.8) is 0 Å². The van der Waals surface area contributed by atoms with Crippen LogP contribution in [0.4, 0.5) is 5.69 Å². The van der Waals surface area contributed by atoms with Gasteiger partial charge < -0.3 is 0 Å². The molecule has 0 aromatic heterocycles. The van der Waals surface area contributed by atoms with Crippen LogP contribution in [0.3, 0.4) is 0 Å². The molecule has 0 saturated heterocycles. The average molecular weight is 143 g/mol. The SMILES string of the molecule is ONc1ccc(S)cc1.[HH]. The van der Waals surface area contributed by atoms with Crippen LogP contribution in [0.5, 0.6) is 0 Å². The first-order valence-corrected chi connectivity index (χ1v) is 2.97. The summed E-state index contributed by atoms with van der Waals surface area (Å²) in [4.78, 5) is 0.883. The fourth-order valence-corrected chi connectivity index (χ4v) is 0.685. The van der Waals surface area contributed by atoms with E-state index < -0.39 is 0 Å². The summed E-state index contributed by atoms with van der Waals surface area (Å²) >= 11 is 4.06. The first kappa shape index (κ1) is 6.45. The Morgan fingerprint density at radius 1 is 1.33 bits per heavy atom. The van der Waals surface area contributed by atoms with Crippen molar-refractivity contribution in [2.75, 3.05) is 5.48 Å². The molecular weight excluding hydrogens is 134 g/mol.